The number of carbonyl (C=O) groups excluding carboxylic acids is 1. The standard InChI is InChI=1S/C11H15N3O2S/c1-11(2)6-14-7-4-3-5-8(15)9(7)12-10(14)17(11)13-16/h16H,3-6H2,1-2H3. The molecule has 0 spiro atoms. The first-order valence-corrected chi connectivity index (χ1v) is 6.95. The van der Waals surface area contributed by atoms with Gasteiger partial charge < -0.3 is 4.57 Å². The summed E-state index contributed by atoms with van der Waals surface area (Å²) in [6, 6.07) is 0. The Labute approximate surface area is 102 Å². The maximum Gasteiger partial charge on any atom is 0.183 e. The Hall–Kier alpha value is -1.01. The molecule has 0 saturated carbocycles. The molecule has 1 aliphatic carbocycles. The molecule has 1 atom stereocenters. The van der Waals surface area contributed by atoms with Gasteiger partial charge in [-0.15, -0.1) is 4.53 Å². The van der Waals surface area contributed by atoms with Gasteiger partial charge in [-0.3, -0.25) is 10.0 Å². The van der Waals surface area contributed by atoms with Gasteiger partial charge in [-0.05, 0) is 26.7 Å². The molecule has 1 aliphatic heterocycles. The van der Waals surface area contributed by atoms with Crippen molar-refractivity contribution in [2.75, 3.05) is 0 Å². The first-order valence-electron chi connectivity index (χ1n) is 5.77. The molecule has 1 aromatic heterocycles. The molecule has 0 aromatic carbocycles. The number of hydrogen-bond acceptors (Lipinski definition) is 3. The van der Waals surface area contributed by atoms with Gasteiger partial charge in [0.25, 0.3) is 0 Å². The zero-order chi connectivity index (χ0) is 12.2. The number of carbonyl (C=O) groups is 1. The molecular weight excluding hydrogens is 238 g/mol. The molecular formula is C11H15N3O2S. The predicted octanol–water partition coefficient (Wildman–Crippen LogP) is 1.74. The Balaban J connectivity index is 2.20. The lowest BCUT2D eigenvalue weighted by Gasteiger charge is -2.18. The van der Waals surface area contributed by atoms with Gasteiger partial charge in [-0.2, -0.15) is 0 Å². The molecule has 1 aromatic rings. The summed E-state index contributed by atoms with van der Waals surface area (Å²) in [5.74, 6) is 0.132. The van der Waals surface area contributed by atoms with Crippen LogP contribution < -0.4 is 0 Å². The number of imidazole rings is 1. The second-order valence-corrected chi connectivity index (χ2v) is 7.38. The van der Waals surface area contributed by atoms with Gasteiger partial charge in [-0.1, -0.05) is 0 Å². The Kier molecular flexibility index (Phi) is 2.28. The summed E-state index contributed by atoms with van der Waals surface area (Å²) in [5.41, 5.74) is 1.66. The van der Waals surface area contributed by atoms with Crippen molar-refractivity contribution in [3.63, 3.8) is 0 Å². The lowest BCUT2D eigenvalue weighted by Crippen LogP contribution is -2.26. The summed E-state index contributed by atoms with van der Waals surface area (Å²) in [5, 5.41) is 9.95. The fraction of sp³-hybridized carbons (Fsp3) is 0.636. The zero-order valence-corrected chi connectivity index (χ0v) is 10.8. The predicted molar refractivity (Wildman–Crippen MR) is 63.4 cm³/mol. The largest absolute Gasteiger partial charge is 0.320 e. The first-order chi connectivity index (χ1) is 8.04. The van der Waals surface area contributed by atoms with Gasteiger partial charge in [0.2, 0.25) is 0 Å². The number of ketones is 1. The maximum atomic E-state index is 11.8. The number of rotatable bonds is 0. The molecule has 0 saturated heterocycles. The van der Waals surface area contributed by atoms with Crippen LogP contribution in [-0.2, 0) is 23.7 Å². The van der Waals surface area contributed by atoms with Crippen molar-refractivity contribution in [3.05, 3.63) is 11.4 Å². The molecule has 17 heavy (non-hydrogen) atoms. The molecule has 3 rings (SSSR count). The van der Waals surface area contributed by atoms with Crippen molar-refractivity contribution in [3.8, 4) is 0 Å². The van der Waals surface area contributed by atoms with E-state index in [1.165, 1.54) is 0 Å². The minimum Gasteiger partial charge on any atom is -0.320 e. The van der Waals surface area contributed by atoms with E-state index in [1.54, 1.807) is 0 Å². The van der Waals surface area contributed by atoms with Crippen molar-refractivity contribution in [1.82, 2.24) is 9.55 Å². The van der Waals surface area contributed by atoms with Crippen LogP contribution in [0.4, 0.5) is 0 Å². The van der Waals surface area contributed by atoms with Gasteiger partial charge in [-0.25, -0.2) is 4.98 Å². The number of fused-ring (bicyclic) bond motifs is 3. The Morgan fingerprint density at radius 1 is 1.47 bits per heavy atom. The smallest absolute Gasteiger partial charge is 0.183 e. The van der Waals surface area contributed by atoms with Gasteiger partial charge in [0.05, 0.1) is 0 Å². The molecule has 2 heterocycles. The van der Waals surface area contributed by atoms with E-state index in [9.17, 15) is 10.0 Å². The molecule has 2 aliphatic rings. The Morgan fingerprint density at radius 3 is 2.94 bits per heavy atom. The highest BCUT2D eigenvalue weighted by atomic mass is 32.2. The fourth-order valence-corrected chi connectivity index (χ4v) is 4.22. The topological polar surface area (TPSA) is 67.5 Å². The molecule has 1 unspecified atom stereocenters. The van der Waals surface area contributed by atoms with E-state index in [0.717, 1.165) is 30.2 Å². The number of hydrogen-bond donors (Lipinski definition) is 1. The third-order valence-corrected chi connectivity index (χ3v) is 5.43. The van der Waals surface area contributed by atoms with Crippen LogP contribution >= 0.6 is 0 Å². The molecule has 0 radical (unpaired) electrons. The van der Waals surface area contributed by atoms with Crippen molar-refractivity contribution in [2.45, 2.75) is 49.6 Å². The van der Waals surface area contributed by atoms with E-state index in [1.807, 2.05) is 0 Å². The number of aromatic nitrogens is 2. The van der Waals surface area contributed by atoms with E-state index in [-0.39, 0.29) is 10.5 Å². The van der Waals surface area contributed by atoms with E-state index in [2.05, 4.69) is 27.9 Å². The summed E-state index contributed by atoms with van der Waals surface area (Å²) in [4.78, 5) is 16.2. The van der Waals surface area contributed by atoms with E-state index in [4.69, 9.17) is 0 Å². The summed E-state index contributed by atoms with van der Waals surface area (Å²) < 4.78 is 5.47. The van der Waals surface area contributed by atoms with Gasteiger partial charge in [0, 0.05) is 34.1 Å². The quantitative estimate of drug-likeness (QED) is 0.716. The van der Waals surface area contributed by atoms with Gasteiger partial charge in [0.1, 0.15) is 5.69 Å². The average molecular weight is 253 g/mol. The SMILES string of the molecule is CC1(C)Cn2c(nc3c2CCCC3=O)S1=NO. The zero-order valence-electron chi connectivity index (χ0n) is 9.93. The molecule has 1 N–H and O–H groups in total. The van der Waals surface area contributed by atoms with Crippen LogP contribution in [0.5, 0.6) is 0 Å². The lowest BCUT2D eigenvalue weighted by atomic mass is 9.99. The van der Waals surface area contributed by atoms with E-state index in [0.29, 0.717) is 12.1 Å². The summed E-state index contributed by atoms with van der Waals surface area (Å²) in [7, 11) is -0.619. The molecule has 5 nitrogen and oxygen atoms in total. The maximum absolute atomic E-state index is 11.8. The minimum atomic E-state index is -0.619. The Bertz CT molecular complexity index is 545. The number of Topliss-reactive ketones (excluding diaryl/α,β-unsaturated/α-hetero) is 1. The van der Waals surface area contributed by atoms with Crippen molar-refractivity contribution >= 4 is 16.5 Å². The van der Waals surface area contributed by atoms with E-state index >= 15 is 0 Å². The summed E-state index contributed by atoms with van der Waals surface area (Å²) in [6.45, 7) is 4.92. The first kappa shape index (κ1) is 11.1. The molecule has 0 fully saturated rings. The monoisotopic (exact) mass is 253 g/mol. The normalized spacial score (nSPS) is 26.1. The second-order valence-electron chi connectivity index (χ2n) is 5.18. The average Bonchev–Trinajstić information content (AvgIpc) is 2.71. The third kappa shape index (κ3) is 1.43. The fourth-order valence-electron chi connectivity index (χ4n) is 2.62. The third-order valence-electron chi connectivity index (χ3n) is 3.44. The highest BCUT2D eigenvalue weighted by molar-refractivity contribution is 7.88. The van der Waals surface area contributed by atoms with Crippen molar-refractivity contribution in [1.29, 1.82) is 0 Å². The van der Waals surface area contributed by atoms with Crippen molar-refractivity contribution < 1.29 is 10.0 Å². The second kappa shape index (κ2) is 3.49. The number of nitrogens with zero attached hydrogens (tertiary/aromatic N) is 3. The van der Waals surface area contributed by atoms with E-state index < -0.39 is 10.7 Å². The van der Waals surface area contributed by atoms with Crippen LogP contribution in [0.2, 0.25) is 0 Å². The summed E-state index contributed by atoms with van der Waals surface area (Å²) in [6.07, 6.45) is 2.41. The van der Waals surface area contributed by atoms with Crippen LogP contribution in [0.1, 0.15) is 42.9 Å². The van der Waals surface area contributed by atoms with Crippen LogP contribution in [0.25, 0.3) is 0 Å². The molecule has 0 bridgehead atoms. The molecule has 0 amide bonds. The Morgan fingerprint density at radius 2 is 2.24 bits per heavy atom. The lowest BCUT2D eigenvalue weighted by molar-refractivity contribution is 0.0967. The van der Waals surface area contributed by atoms with Gasteiger partial charge in [0.15, 0.2) is 10.9 Å². The highest BCUT2D eigenvalue weighted by Crippen LogP contribution is 2.36. The van der Waals surface area contributed by atoms with Crippen LogP contribution in [-0.4, -0.2) is 25.3 Å². The van der Waals surface area contributed by atoms with Gasteiger partial charge >= 0.3 is 0 Å². The molecule has 6 heteroatoms. The summed E-state index contributed by atoms with van der Waals surface area (Å²) >= 11 is 0. The minimum absolute atomic E-state index is 0.105. The molecule has 92 valence electrons. The highest BCUT2D eigenvalue weighted by Gasteiger charge is 2.40. The van der Waals surface area contributed by atoms with Crippen LogP contribution in [0.15, 0.2) is 9.68 Å². The van der Waals surface area contributed by atoms with Crippen molar-refractivity contribution in [2.24, 2.45) is 4.53 Å². The van der Waals surface area contributed by atoms with Crippen LogP contribution in [0, 0.1) is 0 Å². The van der Waals surface area contributed by atoms with Crippen LogP contribution in [0.3, 0.4) is 0 Å².